The van der Waals surface area contributed by atoms with Gasteiger partial charge < -0.3 is 0 Å². The highest BCUT2D eigenvalue weighted by molar-refractivity contribution is 9.10. The highest BCUT2D eigenvalue weighted by atomic mass is 79.9. The zero-order chi connectivity index (χ0) is 10.1. The molecular weight excluding hydrogens is 256 g/mol. The molecule has 2 rings (SSSR count). The van der Waals surface area contributed by atoms with Crippen molar-refractivity contribution < 1.29 is 0 Å². The summed E-state index contributed by atoms with van der Waals surface area (Å²) in [5, 5.41) is 0. The molecule has 0 unspecified atom stereocenters. The number of hydrogen-bond donors (Lipinski definition) is 0. The average Bonchev–Trinajstić information content (AvgIpc) is 2.46. The molecule has 0 saturated heterocycles. The number of halogens is 1. The lowest BCUT2D eigenvalue weighted by molar-refractivity contribution is 0.715. The van der Waals surface area contributed by atoms with Gasteiger partial charge >= 0.3 is 0 Å². The summed E-state index contributed by atoms with van der Waals surface area (Å²) in [5.41, 5.74) is 3.19. The normalized spacial score (nSPS) is 17.6. The maximum absolute atomic E-state index is 3.66. The number of hydrogen-bond acceptors (Lipinski definition) is 1. The van der Waals surface area contributed by atoms with Gasteiger partial charge in [-0.25, -0.2) is 0 Å². The van der Waals surface area contributed by atoms with E-state index in [0.29, 0.717) is 0 Å². The van der Waals surface area contributed by atoms with Gasteiger partial charge in [-0.2, -0.15) is 0 Å². The second kappa shape index (κ2) is 4.19. The fourth-order valence-electron chi connectivity index (χ4n) is 2.05. The van der Waals surface area contributed by atoms with Gasteiger partial charge in [-0.15, -0.1) is 11.3 Å². The second-order valence-electron chi connectivity index (χ2n) is 4.00. The lowest BCUT2D eigenvalue weighted by Crippen LogP contribution is -1.95. The molecule has 0 radical (unpaired) electrons. The van der Waals surface area contributed by atoms with Crippen LogP contribution in [0, 0.1) is 6.92 Å². The van der Waals surface area contributed by atoms with Gasteiger partial charge in [0, 0.05) is 14.2 Å². The van der Waals surface area contributed by atoms with Gasteiger partial charge in [0.15, 0.2) is 0 Å². The molecule has 0 amide bonds. The third-order valence-electron chi connectivity index (χ3n) is 2.83. The van der Waals surface area contributed by atoms with E-state index in [2.05, 4.69) is 35.8 Å². The first-order valence-corrected chi connectivity index (χ1v) is 6.74. The van der Waals surface area contributed by atoms with Gasteiger partial charge in [-0.05, 0) is 67.1 Å². The van der Waals surface area contributed by atoms with E-state index < -0.39 is 0 Å². The Morgan fingerprint density at radius 2 is 1.93 bits per heavy atom. The molecule has 0 spiro atoms. The molecule has 0 nitrogen and oxygen atoms in total. The summed E-state index contributed by atoms with van der Waals surface area (Å²) < 4.78 is 1.29. The molecule has 14 heavy (non-hydrogen) atoms. The van der Waals surface area contributed by atoms with Crippen molar-refractivity contribution in [1.29, 1.82) is 0 Å². The molecule has 1 aromatic rings. The molecule has 0 atom stereocenters. The van der Waals surface area contributed by atoms with E-state index in [1.165, 1.54) is 39.9 Å². The Morgan fingerprint density at radius 1 is 1.21 bits per heavy atom. The Labute approximate surface area is 98.2 Å². The number of aryl methyl sites for hydroxylation is 1. The van der Waals surface area contributed by atoms with E-state index >= 15 is 0 Å². The van der Waals surface area contributed by atoms with E-state index in [0.717, 1.165) is 0 Å². The van der Waals surface area contributed by atoms with E-state index in [1.54, 1.807) is 11.1 Å². The maximum atomic E-state index is 3.66. The summed E-state index contributed by atoms with van der Waals surface area (Å²) in [5.74, 6) is 0. The predicted octanol–water partition coefficient (Wildman–Crippen LogP) is 5.17. The minimum absolute atomic E-state index is 1.27. The Hall–Kier alpha value is -0.0800. The van der Waals surface area contributed by atoms with Crippen molar-refractivity contribution in [2.75, 3.05) is 0 Å². The van der Waals surface area contributed by atoms with Crippen LogP contribution in [0.2, 0.25) is 0 Å². The highest BCUT2D eigenvalue weighted by Crippen LogP contribution is 2.40. The van der Waals surface area contributed by atoms with Gasteiger partial charge in [-0.1, -0.05) is 5.57 Å². The lowest BCUT2D eigenvalue weighted by atomic mass is 9.92. The van der Waals surface area contributed by atoms with Crippen LogP contribution in [0.25, 0.3) is 5.57 Å². The summed E-state index contributed by atoms with van der Waals surface area (Å²) in [7, 11) is 0. The molecule has 0 fully saturated rings. The van der Waals surface area contributed by atoms with Gasteiger partial charge in [0.2, 0.25) is 0 Å². The monoisotopic (exact) mass is 270 g/mol. The minimum atomic E-state index is 1.27. The minimum Gasteiger partial charge on any atom is -0.140 e. The molecule has 1 heterocycles. The first-order chi connectivity index (χ1) is 6.68. The van der Waals surface area contributed by atoms with Crippen LogP contribution in [0.3, 0.4) is 0 Å². The number of rotatable bonds is 1. The van der Waals surface area contributed by atoms with Gasteiger partial charge in [0.25, 0.3) is 0 Å². The quantitative estimate of drug-likeness (QED) is 0.661. The molecule has 0 bridgehead atoms. The highest BCUT2D eigenvalue weighted by Gasteiger charge is 2.15. The van der Waals surface area contributed by atoms with Crippen LogP contribution in [0.5, 0.6) is 0 Å². The average molecular weight is 271 g/mol. The summed E-state index contributed by atoms with van der Waals surface area (Å²) in [6.07, 6.45) is 5.29. The van der Waals surface area contributed by atoms with Crippen LogP contribution < -0.4 is 0 Å². The van der Waals surface area contributed by atoms with Crippen molar-refractivity contribution in [3.8, 4) is 0 Å². The second-order valence-corrected chi connectivity index (χ2v) is 6.11. The molecular formula is C12H15BrS. The third-order valence-corrected chi connectivity index (χ3v) is 4.83. The molecule has 0 aliphatic heterocycles. The summed E-state index contributed by atoms with van der Waals surface area (Å²) in [6, 6.07) is 2.23. The molecule has 1 aliphatic carbocycles. The summed E-state index contributed by atoms with van der Waals surface area (Å²) in [4.78, 5) is 2.87. The van der Waals surface area contributed by atoms with Crippen molar-refractivity contribution in [1.82, 2.24) is 0 Å². The maximum Gasteiger partial charge on any atom is 0.0446 e. The van der Waals surface area contributed by atoms with E-state index in [-0.39, 0.29) is 0 Å². The molecule has 76 valence electrons. The van der Waals surface area contributed by atoms with Crippen LogP contribution >= 0.6 is 27.3 Å². The van der Waals surface area contributed by atoms with Crippen molar-refractivity contribution in [3.05, 3.63) is 25.9 Å². The molecule has 1 aromatic heterocycles. The molecule has 0 N–H and O–H groups in total. The predicted molar refractivity (Wildman–Crippen MR) is 67.8 cm³/mol. The van der Waals surface area contributed by atoms with E-state index in [9.17, 15) is 0 Å². The zero-order valence-electron chi connectivity index (χ0n) is 8.69. The Kier molecular flexibility index (Phi) is 3.13. The molecule has 1 aliphatic rings. The van der Waals surface area contributed by atoms with Crippen molar-refractivity contribution in [3.63, 3.8) is 0 Å². The largest absolute Gasteiger partial charge is 0.140 e. The van der Waals surface area contributed by atoms with Crippen LogP contribution in [0.4, 0.5) is 0 Å². The standard InChI is InChI=1S/C12H15BrS/c1-8-5-3-4-6-10(8)12-11(13)7-9(2)14-12/h7H,3-6H2,1-2H3. The third kappa shape index (κ3) is 1.96. The molecule has 0 aromatic carbocycles. The fourth-order valence-corrected chi connectivity index (χ4v) is 4.08. The molecule has 0 saturated carbocycles. The van der Waals surface area contributed by atoms with E-state index in [1.807, 2.05) is 11.3 Å². The van der Waals surface area contributed by atoms with E-state index in [4.69, 9.17) is 0 Å². The smallest absolute Gasteiger partial charge is 0.0446 e. The zero-order valence-corrected chi connectivity index (χ0v) is 11.1. The van der Waals surface area contributed by atoms with Crippen molar-refractivity contribution in [2.24, 2.45) is 0 Å². The van der Waals surface area contributed by atoms with Crippen molar-refractivity contribution >= 4 is 32.8 Å². The topological polar surface area (TPSA) is 0 Å². The van der Waals surface area contributed by atoms with Gasteiger partial charge in [0.1, 0.15) is 0 Å². The Bertz CT molecular complexity index is 374. The Morgan fingerprint density at radius 3 is 2.50 bits per heavy atom. The first-order valence-electron chi connectivity index (χ1n) is 5.13. The molecule has 2 heteroatoms. The first kappa shape index (κ1) is 10.4. The van der Waals surface area contributed by atoms with Gasteiger partial charge in [-0.3, -0.25) is 0 Å². The van der Waals surface area contributed by atoms with Gasteiger partial charge in [0.05, 0.1) is 0 Å². The summed E-state index contributed by atoms with van der Waals surface area (Å²) in [6.45, 7) is 4.47. The fraction of sp³-hybridized carbons (Fsp3) is 0.500. The summed E-state index contributed by atoms with van der Waals surface area (Å²) >= 11 is 5.58. The number of allylic oxidation sites excluding steroid dienone is 2. The Balaban J connectivity index is 2.43. The SMILES string of the molecule is CC1=C(c2sc(C)cc2Br)CCCC1. The van der Waals surface area contributed by atoms with Crippen LogP contribution in [-0.2, 0) is 0 Å². The van der Waals surface area contributed by atoms with Crippen LogP contribution in [-0.4, -0.2) is 0 Å². The number of thiophene rings is 1. The lowest BCUT2D eigenvalue weighted by Gasteiger charge is -2.16. The van der Waals surface area contributed by atoms with Crippen LogP contribution in [0.15, 0.2) is 16.1 Å². The van der Waals surface area contributed by atoms with Crippen molar-refractivity contribution in [2.45, 2.75) is 39.5 Å². The van der Waals surface area contributed by atoms with Crippen LogP contribution in [0.1, 0.15) is 42.4 Å².